The monoisotopic (exact) mass is 191 g/mol. The second kappa shape index (κ2) is 3.61. The number of nitrogens with two attached hydrogens (primary N) is 1. The van der Waals surface area contributed by atoms with Gasteiger partial charge in [0.1, 0.15) is 0 Å². The minimum atomic E-state index is -3.59. The van der Waals surface area contributed by atoms with Crippen LogP contribution in [0.2, 0.25) is 0 Å². The van der Waals surface area contributed by atoms with E-state index < -0.39 is 10.2 Å². The Bertz CT molecular complexity index is 317. The zero-order chi connectivity index (χ0) is 9.03. The van der Waals surface area contributed by atoms with Gasteiger partial charge in [-0.05, 0) is 0 Å². The van der Waals surface area contributed by atoms with Gasteiger partial charge in [0.2, 0.25) is 0 Å². The van der Waals surface area contributed by atoms with E-state index in [1.165, 1.54) is 10.9 Å². The first-order chi connectivity index (χ1) is 5.58. The molecule has 0 aliphatic carbocycles. The third-order valence-corrected chi connectivity index (χ3v) is 1.72. The zero-order valence-electron chi connectivity index (χ0n) is 6.21. The van der Waals surface area contributed by atoms with Gasteiger partial charge in [-0.1, -0.05) is 5.21 Å². The van der Waals surface area contributed by atoms with E-state index in [0.29, 0.717) is 6.54 Å². The van der Waals surface area contributed by atoms with Crippen LogP contribution >= 0.6 is 0 Å². The SMILES string of the molecule is NS(=O)(=O)NCCn1ccnn1. The van der Waals surface area contributed by atoms with Gasteiger partial charge in [-0.15, -0.1) is 5.10 Å². The molecule has 68 valence electrons. The molecule has 0 saturated carbocycles. The highest BCUT2D eigenvalue weighted by Gasteiger charge is 1.99. The molecule has 0 unspecified atom stereocenters. The second-order valence-corrected chi connectivity index (χ2v) is 3.48. The maximum Gasteiger partial charge on any atom is 0.274 e. The molecule has 1 aromatic heterocycles. The van der Waals surface area contributed by atoms with E-state index in [1.54, 1.807) is 6.20 Å². The smallest absolute Gasteiger partial charge is 0.251 e. The minimum Gasteiger partial charge on any atom is -0.251 e. The molecule has 1 heterocycles. The van der Waals surface area contributed by atoms with E-state index in [2.05, 4.69) is 15.0 Å². The molecule has 0 fully saturated rings. The average molecular weight is 191 g/mol. The highest BCUT2D eigenvalue weighted by Crippen LogP contribution is 1.79. The number of hydrogen-bond donors (Lipinski definition) is 2. The van der Waals surface area contributed by atoms with Crippen molar-refractivity contribution in [2.45, 2.75) is 6.54 Å². The molecule has 3 N–H and O–H groups in total. The molecule has 0 amide bonds. The van der Waals surface area contributed by atoms with E-state index in [1.807, 2.05) is 0 Å². The number of aromatic nitrogens is 3. The van der Waals surface area contributed by atoms with Crippen molar-refractivity contribution in [1.82, 2.24) is 19.7 Å². The molecular weight excluding hydrogens is 182 g/mol. The molecule has 1 aromatic rings. The lowest BCUT2D eigenvalue weighted by atomic mass is 10.6. The number of rotatable bonds is 4. The van der Waals surface area contributed by atoms with Crippen LogP contribution in [0.15, 0.2) is 12.4 Å². The van der Waals surface area contributed by atoms with Gasteiger partial charge in [0.15, 0.2) is 0 Å². The summed E-state index contributed by atoms with van der Waals surface area (Å²) in [6.45, 7) is 0.624. The second-order valence-electron chi connectivity index (χ2n) is 2.11. The third-order valence-electron chi connectivity index (χ3n) is 1.12. The topological polar surface area (TPSA) is 103 Å². The predicted molar refractivity (Wildman–Crippen MR) is 41.1 cm³/mol. The first-order valence-electron chi connectivity index (χ1n) is 3.19. The van der Waals surface area contributed by atoms with Crippen LogP contribution in [0.5, 0.6) is 0 Å². The quantitative estimate of drug-likeness (QED) is 0.578. The van der Waals surface area contributed by atoms with Crippen LogP contribution < -0.4 is 9.86 Å². The molecule has 1 rings (SSSR count). The Morgan fingerprint density at radius 1 is 1.58 bits per heavy atom. The molecule has 0 radical (unpaired) electrons. The lowest BCUT2D eigenvalue weighted by Gasteiger charge is -2.00. The maximum atomic E-state index is 10.4. The van der Waals surface area contributed by atoms with E-state index in [4.69, 9.17) is 5.14 Å². The van der Waals surface area contributed by atoms with Gasteiger partial charge in [0.05, 0.1) is 12.7 Å². The summed E-state index contributed by atoms with van der Waals surface area (Å²) >= 11 is 0. The van der Waals surface area contributed by atoms with E-state index >= 15 is 0 Å². The zero-order valence-corrected chi connectivity index (χ0v) is 7.03. The van der Waals surface area contributed by atoms with E-state index in [9.17, 15) is 8.42 Å². The van der Waals surface area contributed by atoms with Crippen molar-refractivity contribution in [2.75, 3.05) is 6.54 Å². The fraction of sp³-hybridized carbons (Fsp3) is 0.500. The van der Waals surface area contributed by atoms with Gasteiger partial charge in [-0.2, -0.15) is 8.42 Å². The van der Waals surface area contributed by atoms with Crippen LogP contribution in [0.4, 0.5) is 0 Å². The lowest BCUT2D eigenvalue weighted by Crippen LogP contribution is -2.33. The summed E-state index contributed by atoms with van der Waals surface area (Å²) in [5.41, 5.74) is 0. The molecular formula is C4H9N5O2S. The molecule has 12 heavy (non-hydrogen) atoms. The summed E-state index contributed by atoms with van der Waals surface area (Å²) in [6.07, 6.45) is 3.14. The first kappa shape index (κ1) is 9.10. The molecule has 0 bridgehead atoms. The van der Waals surface area contributed by atoms with Gasteiger partial charge in [0.25, 0.3) is 10.2 Å². The number of hydrogen-bond acceptors (Lipinski definition) is 4. The Balaban J connectivity index is 2.29. The highest BCUT2D eigenvalue weighted by molar-refractivity contribution is 7.87. The standard InChI is InChI=1S/C4H9N5O2S/c5-12(10,11)7-2-4-9-3-1-6-8-9/h1,3,7H,2,4H2,(H2,5,10,11). The number of nitrogens with one attached hydrogen (secondary N) is 1. The van der Waals surface area contributed by atoms with Crippen LogP contribution in [-0.2, 0) is 16.8 Å². The highest BCUT2D eigenvalue weighted by atomic mass is 32.2. The summed E-state index contributed by atoms with van der Waals surface area (Å²) in [5, 5.41) is 11.9. The summed E-state index contributed by atoms with van der Waals surface area (Å²) in [7, 11) is -3.59. The molecule has 0 aliphatic rings. The van der Waals surface area contributed by atoms with Crippen molar-refractivity contribution in [3.63, 3.8) is 0 Å². The molecule has 0 spiro atoms. The fourth-order valence-electron chi connectivity index (χ4n) is 0.654. The summed E-state index contributed by atoms with van der Waals surface area (Å²) in [4.78, 5) is 0. The molecule has 8 heteroatoms. The molecule has 0 atom stereocenters. The predicted octanol–water partition coefficient (Wildman–Crippen LogP) is -1.93. The normalized spacial score (nSPS) is 11.8. The minimum absolute atomic E-state index is 0.211. The Morgan fingerprint density at radius 2 is 2.33 bits per heavy atom. The molecule has 0 aromatic carbocycles. The van der Waals surface area contributed by atoms with E-state index in [-0.39, 0.29) is 6.54 Å². The Hall–Kier alpha value is -0.990. The fourth-order valence-corrected chi connectivity index (χ4v) is 1.03. The van der Waals surface area contributed by atoms with Crippen molar-refractivity contribution >= 4 is 10.2 Å². The van der Waals surface area contributed by atoms with Crippen molar-refractivity contribution in [2.24, 2.45) is 5.14 Å². The van der Waals surface area contributed by atoms with Crippen LogP contribution in [0.25, 0.3) is 0 Å². The molecule has 0 aliphatic heterocycles. The van der Waals surface area contributed by atoms with Crippen LogP contribution in [0.3, 0.4) is 0 Å². The van der Waals surface area contributed by atoms with Gasteiger partial charge in [0, 0.05) is 12.7 Å². The van der Waals surface area contributed by atoms with Gasteiger partial charge in [-0.25, -0.2) is 9.86 Å². The Morgan fingerprint density at radius 3 is 2.83 bits per heavy atom. The van der Waals surface area contributed by atoms with Crippen molar-refractivity contribution in [3.05, 3.63) is 12.4 Å². The van der Waals surface area contributed by atoms with Crippen molar-refractivity contribution < 1.29 is 8.42 Å². The summed E-state index contributed by atoms with van der Waals surface area (Å²) < 4.78 is 24.4. The van der Waals surface area contributed by atoms with Crippen molar-refractivity contribution in [1.29, 1.82) is 0 Å². The maximum absolute atomic E-state index is 10.4. The summed E-state index contributed by atoms with van der Waals surface area (Å²) in [6, 6.07) is 0. The molecule has 7 nitrogen and oxygen atoms in total. The van der Waals surface area contributed by atoms with Crippen molar-refractivity contribution in [3.8, 4) is 0 Å². The summed E-state index contributed by atoms with van der Waals surface area (Å²) in [5.74, 6) is 0. The average Bonchev–Trinajstić information content (AvgIpc) is 2.36. The molecule has 0 saturated heterocycles. The van der Waals surface area contributed by atoms with Gasteiger partial charge < -0.3 is 0 Å². The Kier molecular flexibility index (Phi) is 2.74. The van der Waals surface area contributed by atoms with Gasteiger partial charge in [-0.3, -0.25) is 4.68 Å². The lowest BCUT2D eigenvalue weighted by molar-refractivity contribution is 0.554. The third kappa shape index (κ3) is 3.42. The largest absolute Gasteiger partial charge is 0.274 e. The van der Waals surface area contributed by atoms with Crippen LogP contribution in [0.1, 0.15) is 0 Å². The van der Waals surface area contributed by atoms with Crippen LogP contribution in [0, 0.1) is 0 Å². The van der Waals surface area contributed by atoms with Gasteiger partial charge >= 0.3 is 0 Å². The first-order valence-corrected chi connectivity index (χ1v) is 4.74. The van der Waals surface area contributed by atoms with Crippen LogP contribution in [-0.4, -0.2) is 30.0 Å². The van der Waals surface area contributed by atoms with E-state index in [0.717, 1.165) is 0 Å². The number of nitrogens with zero attached hydrogens (tertiary/aromatic N) is 3. The Labute approximate surface area is 69.7 Å².